The molecule has 3 aromatic carbocycles. The molecule has 1 fully saturated rings. The highest BCUT2D eigenvalue weighted by Crippen LogP contribution is 2.43. The number of benzene rings is 3. The number of imidazole rings is 1. The van der Waals surface area contributed by atoms with Crippen LogP contribution in [0, 0.1) is 24.7 Å². The number of hydrogen-bond donors (Lipinski definition) is 4. The van der Waals surface area contributed by atoms with Gasteiger partial charge in [0.15, 0.2) is 5.75 Å². The van der Waals surface area contributed by atoms with Gasteiger partial charge in [0.05, 0.1) is 24.1 Å². The van der Waals surface area contributed by atoms with Gasteiger partial charge in [-0.25, -0.2) is 4.98 Å². The molecule has 0 aliphatic carbocycles. The van der Waals surface area contributed by atoms with Crippen LogP contribution in [0.15, 0.2) is 36.4 Å². The van der Waals surface area contributed by atoms with Crippen LogP contribution < -0.4 is 20.9 Å². The van der Waals surface area contributed by atoms with Crippen molar-refractivity contribution >= 4 is 39.4 Å². The number of amidine groups is 2. The lowest BCUT2D eigenvalue weighted by Crippen LogP contribution is -2.40. The number of nitrogen functional groups attached to an aromatic ring is 1. The van der Waals surface area contributed by atoms with E-state index in [0.717, 1.165) is 27.5 Å². The van der Waals surface area contributed by atoms with E-state index in [1.807, 2.05) is 59.7 Å². The number of aromatic nitrogens is 2. The van der Waals surface area contributed by atoms with E-state index in [1.165, 1.54) is 7.11 Å². The molecule has 4 aromatic rings. The third-order valence-electron chi connectivity index (χ3n) is 7.49. The highest BCUT2D eigenvalue weighted by Gasteiger charge is 2.30. The predicted molar refractivity (Wildman–Crippen MR) is 153 cm³/mol. The number of piperidine rings is 1. The highest BCUT2D eigenvalue weighted by molar-refractivity contribution is 6.11. The van der Waals surface area contributed by atoms with Crippen molar-refractivity contribution in [1.82, 2.24) is 14.5 Å². The zero-order valence-corrected chi connectivity index (χ0v) is 22.6. The van der Waals surface area contributed by atoms with Gasteiger partial charge in [-0.05, 0) is 38.3 Å². The Morgan fingerprint density at radius 1 is 1.03 bits per heavy atom. The molecule has 6 N–H and O–H groups in total. The average Bonchev–Trinajstić information content (AvgIpc) is 3.26. The quantitative estimate of drug-likeness (QED) is 0.219. The third kappa shape index (κ3) is 4.31. The van der Waals surface area contributed by atoms with E-state index in [9.17, 15) is 4.79 Å². The third-order valence-corrected chi connectivity index (χ3v) is 7.49. The van der Waals surface area contributed by atoms with Crippen molar-refractivity contribution in [2.45, 2.75) is 39.7 Å². The molecular formula is C29H33N7O3. The van der Waals surface area contributed by atoms with Crippen LogP contribution in [0.1, 0.15) is 47.1 Å². The molecule has 1 aliphatic heterocycles. The van der Waals surface area contributed by atoms with Crippen molar-refractivity contribution in [3.8, 4) is 17.2 Å². The Kier molecular flexibility index (Phi) is 6.63. The molecule has 0 unspecified atom stereocenters. The van der Waals surface area contributed by atoms with Crippen LogP contribution >= 0.6 is 0 Å². The fraction of sp³-hybridized carbons (Fsp3) is 0.310. The number of rotatable bonds is 6. The molecule has 0 saturated carbocycles. The number of methoxy groups -OCH3 is 1. The number of hydrogen-bond acceptors (Lipinski definition) is 6. The van der Waals surface area contributed by atoms with Gasteiger partial charge < -0.3 is 25.8 Å². The van der Waals surface area contributed by atoms with Gasteiger partial charge in [0.25, 0.3) is 5.91 Å². The van der Waals surface area contributed by atoms with Crippen molar-refractivity contribution < 1.29 is 14.3 Å². The molecule has 1 aliphatic rings. The van der Waals surface area contributed by atoms with E-state index < -0.39 is 5.91 Å². The normalized spacial score (nSPS) is 14.1. The number of fused-ring (bicyclic) bond motifs is 2. The highest BCUT2D eigenvalue weighted by atomic mass is 16.5. The number of carbonyl (C=O) groups is 1. The lowest BCUT2D eigenvalue weighted by atomic mass is 10.0. The smallest absolute Gasteiger partial charge is 0.256 e. The maximum atomic E-state index is 12.8. The summed E-state index contributed by atoms with van der Waals surface area (Å²) < 4.78 is 14.3. The summed E-state index contributed by atoms with van der Waals surface area (Å²) in [4.78, 5) is 19.6. The van der Waals surface area contributed by atoms with Crippen molar-refractivity contribution in [3.63, 3.8) is 0 Å². The molecule has 202 valence electrons. The first kappa shape index (κ1) is 26.0. The molecule has 0 spiro atoms. The summed E-state index contributed by atoms with van der Waals surface area (Å²) in [5.74, 6) is 1.24. The second-order valence-electron chi connectivity index (χ2n) is 9.90. The number of likely N-dealkylation sites (tertiary alicyclic amines) is 1. The largest absolute Gasteiger partial charge is 0.493 e. The Balaban J connectivity index is 1.75. The van der Waals surface area contributed by atoms with Crippen molar-refractivity contribution in [1.29, 1.82) is 10.8 Å². The van der Waals surface area contributed by atoms with Gasteiger partial charge in [-0.15, -0.1) is 0 Å². The van der Waals surface area contributed by atoms with Crippen LogP contribution in [0.25, 0.3) is 27.5 Å². The van der Waals surface area contributed by atoms with Crippen molar-refractivity contribution in [3.05, 3.63) is 58.9 Å². The molecule has 39 heavy (non-hydrogen) atoms. The number of aryl methyl sites for hydroxylation is 2. The first-order valence-electron chi connectivity index (χ1n) is 12.9. The molecular weight excluding hydrogens is 494 g/mol. The second-order valence-corrected chi connectivity index (χ2v) is 9.90. The van der Waals surface area contributed by atoms with E-state index in [2.05, 4.69) is 0 Å². The molecule has 1 saturated heterocycles. The molecule has 10 heteroatoms. The summed E-state index contributed by atoms with van der Waals surface area (Å²) >= 11 is 0. The molecule has 0 radical (unpaired) electrons. The number of ether oxygens (including phenoxy) is 2. The Morgan fingerprint density at radius 3 is 2.28 bits per heavy atom. The summed E-state index contributed by atoms with van der Waals surface area (Å²) in [5, 5.41) is 17.7. The SMILES string of the molecule is COc1c(C(N)=O)c(OC2CCN(C(C)=N)CC2)c(C)c2c1nc(C)n2-c1ccc(C(=N)N)c2ccccc12. The molecule has 1 aromatic heterocycles. The molecule has 1 amide bonds. The standard InChI is InChI=1S/C29H33N7O3/c1-15-25-24(27(38-4)23(29(33)37)26(15)39-18-11-13-35(14-12-18)16(2)30)34-17(3)36(25)22-10-9-21(28(31)32)19-7-5-6-8-20(19)22/h5-10,18,30H,11-14H2,1-4H3,(H3,31,32)(H2,33,37). The lowest BCUT2D eigenvalue weighted by molar-refractivity contribution is 0.0978. The number of nitrogens with zero attached hydrogens (tertiary/aromatic N) is 3. The van der Waals surface area contributed by atoms with E-state index >= 15 is 0 Å². The average molecular weight is 528 g/mol. The zero-order chi connectivity index (χ0) is 28.0. The van der Waals surface area contributed by atoms with Gasteiger partial charge in [-0.3, -0.25) is 20.2 Å². The van der Waals surface area contributed by atoms with Crippen LogP contribution in [0.3, 0.4) is 0 Å². The summed E-state index contributed by atoms with van der Waals surface area (Å²) in [6, 6.07) is 11.6. The summed E-state index contributed by atoms with van der Waals surface area (Å²) in [5.41, 5.74) is 15.4. The Hall–Kier alpha value is -4.60. The zero-order valence-electron chi connectivity index (χ0n) is 22.6. The number of amides is 1. The molecule has 0 atom stereocenters. The van der Waals surface area contributed by atoms with Crippen LogP contribution in [-0.2, 0) is 0 Å². The lowest BCUT2D eigenvalue weighted by Gasteiger charge is -2.33. The topological polar surface area (TPSA) is 156 Å². The molecule has 0 bridgehead atoms. The van der Waals surface area contributed by atoms with Gasteiger partial charge in [0.1, 0.15) is 34.6 Å². The van der Waals surface area contributed by atoms with Gasteiger partial charge in [-0.1, -0.05) is 24.3 Å². The predicted octanol–water partition coefficient (Wildman–Crippen LogP) is 4.03. The Labute approximate surface area is 226 Å². The summed E-state index contributed by atoms with van der Waals surface area (Å²) in [6.07, 6.45) is 1.28. The van der Waals surface area contributed by atoms with Gasteiger partial charge in [0, 0.05) is 42.4 Å². The minimum Gasteiger partial charge on any atom is -0.493 e. The van der Waals surface area contributed by atoms with Crippen LogP contribution in [0.4, 0.5) is 0 Å². The first-order valence-corrected chi connectivity index (χ1v) is 12.9. The van der Waals surface area contributed by atoms with Gasteiger partial charge >= 0.3 is 0 Å². The summed E-state index contributed by atoms with van der Waals surface area (Å²) in [6.45, 7) is 6.99. The number of primary amides is 1. The number of nitrogens with two attached hydrogens (primary N) is 2. The van der Waals surface area contributed by atoms with Gasteiger partial charge in [0.2, 0.25) is 0 Å². The van der Waals surface area contributed by atoms with Crippen LogP contribution in [0.5, 0.6) is 11.5 Å². The Bertz CT molecular complexity index is 1650. The van der Waals surface area contributed by atoms with Crippen LogP contribution in [-0.4, -0.2) is 58.3 Å². The van der Waals surface area contributed by atoms with E-state index in [0.29, 0.717) is 54.4 Å². The second kappa shape index (κ2) is 9.94. The molecule has 5 rings (SSSR count). The van der Waals surface area contributed by atoms with Crippen molar-refractivity contribution in [2.24, 2.45) is 11.5 Å². The maximum absolute atomic E-state index is 12.8. The van der Waals surface area contributed by atoms with E-state index in [4.69, 9.17) is 36.7 Å². The summed E-state index contributed by atoms with van der Waals surface area (Å²) in [7, 11) is 1.50. The maximum Gasteiger partial charge on any atom is 0.256 e. The fourth-order valence-electron chi connectivity index (χ4n) is 5.61. The minimum absolute atomic E-state index is 0.00569. The monoisotopic (exact) mass is 527 g/mol. The minimum atomic E-state index is -0.650. The number of nitrogens with one attached hydrogen (secondary N) is 2. The molecule has 2 heterocycles. The first-order chi connectivity index (χ1) is 18.6. The van der Waals surface area contributed by atoms with E-state index in [1.54, 1.807) is 6.92 Å². The Morgan fingerprint density at radius 2 is 1.69 bits per heavy atom. The van der Waals surface area contributed by atoms with E-state index in [-0.39, 0.29) is 23.3 Å². The van der Waals surface area contributed by atoms with Crippen molar-refractivity contribution in [2.75, 3.05) is 20.2 Å². The number of carbonyl (C=O) groups excluding carboxylic acids is 1. The van der Waals surface area contributed by atoms with Gasteiger partial charge in [-0.2, -0.15) is 0 Å². The molecule has 10 nitrogen and oxygen atoms in total. The fourth-order valence-corrected chi connectivity index (χ4v) is 5.61. The van der Waals surface area contributed by atoms with Crippen LogP contribution in [0.2, 0.25) is 0 Å².